The number of benzene rings is 1. The van der Waals surface area contributed by atoms with Gasteiger partial charge in [0, 0.05) is 5.56 Å². The molecule has 1 atom stereocenters. The summed E-state index contributed by atoms with van der Waals surface area (Å²) in [7, 11) is 1.26. The van der Waals surface area contributed by atoms with Gasteiger partial charge in [0.15, 0.2) is 23.3 Å². The second-order valence-corrected chi connectivity index (χ2v) is 5.09. The molecule has 1 saturated heterocycles. The maximum absolute atomic E-state index is 12.6. The minimum Gasteiger partial charge on any atom is -0.504 e. The molecule has 22 heavy (non-hydrogen) atoms. The van der Waals surface area contributed by atoms with Gasteiger partial charge in [0.05, 0.1) is 12.7 Å². The summed E-state index contributed by atoms with van der Waals surface area (Å²) >= 11 is 0. The highest BCUT2D eigenvalue weighted by Crippen LogP contribution is 2.33. The normalized spacial score (nSPS) is 16.2. The van der Waals surface area contributed by atoms with E-state index in [9.17, 15) is 24.6 Å². The lowest BCUT2D eigenvalue weighted by molar-refractivity contribution is -0.140. The van der Waals surface area contributed by atoms with Crippen LogP contribution in [-0.2, 0) is 4.79 Å². The van der Waals surface area contributed by atoms with Crippen molar-refractivity contribution in [3.63, 3.8) is 0 Å². The zero-order valence-corrected chi connectivity index (χ0v) is 12.1. The Bertz CT molecular complexity index is 606. The third-order valence-electron chi connectivity index (χ3n) is 3.69. The molecule has 1 aliphatic rings. The molecule has 2 N–H and O–H groups in total. The van der Waals surface area contributed by atoms with Crippen molar-refractivity contribution in [3.8, 4) is 11.5 Å². The SMILES string of the molecule is COc1c(O)cc(C=O)cc1C(=O)C(C(=O)O)N1CCCC1. The van der Waals surface area contributed by atoms with E-state index in [1.807, 2.05) is 0 Å². The summed E-state index contributed by atoms with van der Waals surface area (Å²) in [6.45, 7) is 1.04. The minimum absolute atomic E-state index is 0.0761. The van der Waals surface area contributed by atoms with Crippen LogP contribution in [0.3, 0.4) is 0 Å². The predicted molar refractivity (Wildman–Crippen MR) is 76.6 cm³/mol. The highest BCUT2D eigenvalue weighted by molar-refractivity contribution is 6.13. The van der Waals surface area contributed by atoms with Gasteiger partial charge in [-0.05, 0) is 38.1 Å². The number of nitrogens with zero attached hydrogens (tertiary/aromatic N) is 1. The molecule has 0 radical (unpaired) electrons. The Kier molecular flexibility index (Phi) is 4.77. The molecule has 1 fully saturated rings. The fourth-order valence-corrected chi connectivity index (χ4v) is 2.68. The van der Waals surface area contributed by atoms with Gasteiger partial charge < -0.3 is 14.9 Å². The highest BCUT2D eigenvalue weighted by Gasteiger charge is 2.36. The number of aliphatic carboxylic acids is 1. The summed E-state index contributed by atoms with van der Waals surface area (Å²) in [5, 5.41) is 19.2. The molecule has 0 aliphatic carbocycles. The van der Waals surface area contributed by atoms with Crippen LogP contribution in [-0.4, -0.2) is 59.4 Å². The van der Waals surface area contributed by atoms with Crippen LogP contribution in [0, 0.1) is 0 Å². The van der Waals surface area contributed by atoms with Crippen LogP contribution >= 0.6 is 0 Å². The van der Waals surface area contributed by atoms with Gasteiger partial charge in [0.1, 0.15) is 6.29 Å². The third-order valence-corrected chi connectivity index (χ3v) is 3.69. The van der Waals surface area contributed by atoms with E-state index in [0.717, 1.165) is 18.9 Å². The molecule has 0 bridgehead atoms. The van der Waals surface area contributed by atoms with Gasteiger partial charge >= 0.3 is 5.97 Å². The van der Waals surface area contributed by atoms with Crippen molar-refractivity contribution in [1.29, 1.82) is 0 Å². The summed E-state index contributed by atoms with van der Waals surface area (Å²) < 4.78 is 4.99. The Labute approximate surface area is 127 Å². The number of aldehydes is 1. The number of carboxylic acid groups (broad SMARTS) is 1. The molecule has 1 aliphatic heterocycles. The molecule has 2 rings (SSSR count). The van der Waals surface area contributed by atoms with E-state index in [1.165, 1.54) is 13.2 Å². The average molecular weight is 307 g/mol. The molecule has 118 valence electrons. The van der Waals surface area contributed by atoms with E-state index in [0.29, 0.717) is 19.4 Å². The topological polar surface area (TPSA) is 104 Å². The van der Waals surface area contributed by atoms with Crippen LogP contribution in [0.4, 0.5) is 0 Å². The molecule has 7 heteroatoms. The number of hydrogen-bond donors (Lipinski definition) is 2. The Balaban J connectivity index is 2.47. The lowest BCUT2D eigenvalue weighted by Crippen LogP contribution is -2.45. The number of carbonyl (C=O) groups excluding carboxylic acids is 2. The number of ether oxygens (including phenoxy) is 1. The molecule has 0 saturated carbocycles. The van der Waals surface area contributed by atoms with Crippen LogP contribution in [0.25, 0.3) is 0 Å². The standard InChI is InChI=1S/C15H17NO6/c1-22-14-10(6-9(8-17)7-11(14)18)13(19)12(15(20)21)16-4-2-3-5-16/h6-8,12,18H,2-5H2,1H3,(H,20,21). The number of methoxy groups -OCH3 is 1. The van der Waals surface area contributed by atoms with Gasteiger partial charge in [-0.15, -0.1) is 0 Å². The van der Waals surface area contributed by atoms with Crippen molar-refractivity contribution in [2.24, 2.45) is 0 Å². The van der Waals surface area contributed by atoms with Gasteiger partial charge in [-0.1, -0.05) is 0 Å². The summed E-state index contributed by atoms with van der Waals surface area (Å²) in [6, 6.07) is 1.05. The fourth-order valence-electron chi connectivity index (χ4n) is 2.68. The predicted octanol–water partition coefficient (Wildman–Crippen LogP) is 0.945. The zero-order chi connectivity index (χ0) is 16.3. The molecule has 1 aromatic rings. The van der Waals surface area contributed by atoms with Crippen molar-refractivity contribution in [3.05, 3.63) is 23.3 Å². The summed E-state index contributed by atoms with van der Waals surface area (Å²) in [6.07, 6.45) is 2.13. The third kappa shape index (κ3) is 2.94. The molecule has 0 spiro atoms. The summed E-state index contributed by atoms with van der Waals surface area (Å²) in [4.78, 5) is 36.6. The number of likely N-dealkylation sites (tertiary alicyclic amines) is 1. The maximum Gasteiger partial charge on any atom is 0.329 e. The van der Waals surface area contributed by atoms with Crippen molar-refractivity contribution in [1.82, 2.24) is 4.90 Å². The van der Waals surface area contributed by atoms with Gasteiger partial charge in [0.25, 0.3) is 0 Å². The Morgan fingerprint density at radius 3 is 2.45 bits per heavy atom. The van der Waals surface area contributed by atoms with Gasteiger partial charge in [-0.2, -0.15) is 0 Å². The molecule has 1 unspecified atom stereocenters. The average Bonchev–Trinajstić information content (AvgIpc) is 2.99. The number of rotatable bonds is 6. The van der Waals surface area contributed by atoms with Gasteiger partial charge in [0.2, 0.25) is 0 Å². The molecule has 0 aromatic heterocycles. The molecule has 1 heterocycles. The summed E-state index contributed by atoms with van der Waals surface area (Å²) in [5.74, 6) is -2.46. The molecule has 7 nitrogen and oxygen atoms in total. The number of hydrogen-bond acceptors (Lipinski definition) is 6. The lowest BCUT2D eigenvalue weighted by atomic mass is 9.99. The monoisotopic (exact) mass is 307 g/mol. The zero-order valence-electron chi connectivity index (χ0n) is 12.1. The Morgan fingerprint density at radius 2 is 1.95 bits per heavy atom. The molecular formula is C15H17NO6. The Morgan fingerprint density at radius 1 is 1.32 bits per heavy atom. The van der Waals surface area contributed by atoms with E-state index in [4.69, 9.17) is 4.74 Å². The maximum atomic E-state index is 12.6. The fraction of sp³-hybridized carbons (Fsp3) is 0.400. The van der Waals surface area contributed by atoms with Crippen LogP contribution in [0.15, 0.2) is 12.1 Å². The van der Waals surface area contributed by atoms with Crippen molar-refractivity contribution >= 4 is 18.0 Å². The quantitative estimate of drug-likeness (QED) is 0.458. The minimum atomic E-state index is -1.35. The largest absolute Gasteiger partial charge is 0.504 e. The van der Waals surface area contributed by atoms with Crippen molar-refractivity contribution in [2.45, 2.75) is 18.9 Å². The molecular weight excluding hydrogens is 290 g/mol. The first kappa shape index (κ1) is 16.0. The van der Waals surface area contributed by atoms with Crippen LogP contribution in [0.5, 0.6) is 11.5 Å². The first-order valence-corrected chi connectivity index (χ1v) is 6.86. The number of ketones is 1. The second kappa shape index (κ2) is 6.57. The van der Waals surface area contributed by atoms with Crippen molar-refractivity contribution < 1.29 is 29.3 Å². The summed E-state index contributed by atoms with van der Waals surface area (Å²) in [5.41, 5.74) is -0.0314. The van der Waals surface area contributed by atoms with E-state index >= 15 is 0 Å². The molecule has 1 aromatic carbocycles. The number of aromatic hydroxyl groups is 1. The number of phenolic OH excluding ortho intramolecular Hbond substituents is 1. The van der Waals surface area contributed by atoms with Crippen LogP contribution < -0.4 is 4.74 Å². The van der Waals surface area contributed by atoms with Crippen LogP contribution in [0.1, 0.15) is 33.6 Å². The second-order valence-electron chi connectivity index (χ2n) is 5.09. The number of carbonyl (C=O) groups is 3. The van der Waals surface area contributed by atoms with E-state index in [1.54, 1.807) is 4.90 Å². The molecule has 0 amide bonds. The van der Waals surface area contributed by atoms with Crippen molar-refractivity contribution in [2.75, 3.05) is 20.2 Å². The smallest absolute Gasteiger partial charge is 0.329 e. The van der Waals surface area contributed by atoms with Gasteiger partial charge in [-0.3, -0.25) is 19.3 Å². The van der Waals surface area contributed by atoms with E-state index < -0.39 is 17.8 Å². The van der Waals surface area contributed by atoms with E-state index in [2.05, 4.69) is 0 Å². The highest BCUT2D eigenvalue weighted by atomic mass is 16.5. The van der Waals surface area contributed by atoms with Crippen LogP contribution in [0.2, 0.25) is 0 Å². The van der Waals surface area contributed by atoms with E-state index in [-0.39, 0.29) is 22.6 Å². The van der Waals surface area contributed by atoms with Gasteiger partial charge in [-0.25, -0.2) is 0 Å². The number of Topliss-reactive ketones (excluding diaryl/α,β-unsaturated/α-hetero) is 1. The number of phenols is 1. The number of carboxylic acids is 1. The first-order chi connectivity index (χ1) is 10.5. The Hall–Kier alpha value is -2.41. The lowest BCUT2D eigenvalue weighted by Gasteiger charge is -2.23. The first-order valence-electron chi connectivity index (χ1n) is 6.86.